The molecule has 0 spiro atoms. The molecule has 0 radical (unpaired) electrons. The Kier molecular flexibility index (Phi) is 3.14. The van der Waals surface area contributed by atoms with E-state index in [0.717, 1.165) is 0 Å². The summed E-state index contributed by atoms with van der Waals surface area (Å²) in [6.07, 6.45) is 0.295. The van der Waals surface area contributed by atoms with Gasteiger partial charge in [-0.3, -0.25) is 4.79 Å². The van der Waals surface area contributed by atoms with Crippen molar-refractivity contribution in [1.29, 1.82) is 0 Å². The van der Waals surface area contributed by atoms with Gasteiger partial charge in [-0.15, -0.1) is 0 Å². The second-order valence-electron chi connectivity index (χ2n) is 2.44. The summed E-state index contributed by atoms with van der Waals surface area (Å²) in [5, 5.41) is 9.40. The van der Waals surface area contributed by atoms with Crippen LogP contribution < -0.4 is 4.74 Å². The molecule has 0 heterocycles. The number of phenolic OH excluding ortho intramolecular Hbond substituents is 1. The maximum absolute atomic E-state index is 10.8. The number of benzene rings is 1. The maximum Gasteiger partial charge on any atom is 0.310 e. The first-order valence-corrected chi connectivity index (χ1v) is 4.20. The predicted molar refractivity (Wildman–Crippen MR) is 49.0 cm³/mol. The van der Waals surface area contributed by atoms with Crippen LogP contribution in [-0.2, 0) is 4.79 Å². The van der Waals surface area contributed by atoms with E-state index in [0.29, 0.717) is 12.2 Å². The SMILES string of the molecule is CCC(=O)Oc1ccc(Cl)c(O)c1. The Morgan fingerprint density at radius 3 is 2.85 bits per heavy atom. The summed E-state index contributed by atoms with van der Waals surface area (Å²) in [6, 6.07) is 4.29. The Balaban J connectivity index is 2.79. The molecule has 1 rings (SSSR count). The Hall–Kier alpha value is -1.22. The molecule has 13 heavy (non-hydrogen) atoms. The molecular formula is C9H9ClO3. The molecule has 0 unspecified atom stereocenters. The number of halogens is 1. The molecular weight excluding hydrogens is 192 g/mol. The highest BCUT2D eigenvalue weighted by Gasteiger charge is 2.04. The summed E-state index contributed by atoms with van der Waals surface area (Å²) in [5.41, 5.74) is 0. The van der Waals surface area contributed by atoms with Gasteiger partial charge in [0.15, 0.2) is 0 Å². The third-order valence-electron chi connectivity index (χ3n) is 1.44. The van der Waals surface area contributed by atoms with Crippen LogP contribution in [-0.4, -0.2) is 11.1 Å². The molecule has 0 aliphatic carbocycles. The summed E-state index contributed by atoms with van der Waals surface area (Å²) in [6.45, 7) is 1.69. The number of esters is 1. The van der Waals surface area contributed by atoms with Crippen molar-refractivity contribution in [2.75, 3.05) is 0 Å². The van der Waals surface area contributed by atoms with Crippen molar-refractivity contribution in [2.24, 2.45) is 0 Å². The van der Waals surface area contributed by atoms with Crippen molar-refractivity contribution < 1.29 is 14.6 Å². The van der Waals surface area contributed by atoms with Crippen LogP contribution in [0.4, 0.5) is 0 Å². The Bertz CT molecular complexity index is 323. The summed E-state index contributed by atoms with van der Waals surface area (Å²) >= 11 is 5.56. The number of rotatable bonds is 2. The molecule has 0 atom stereocenters. The van der Waals surface area contributed by atoms with Crippen LogP contribution in [0.3, 0.4) is 0 Å². The monoisotopic (exact) mass is 200 g/mol. The van der Waals surface area contributed by atoms with Crippen LogP contribution >= 0.6 is 11.6 Å². The second kappa shape index (κ2) is 4.14. The number of ether oxygens (including phenoxy) is 1. The van der Waals surface area contributed by atoms with E-state index in [2.05, 4.69) is 0 Å². The van der Waals surface area contributed by atoms with E-state index in [4.69, 9.17) is 21.4 Å². The van der Waals surface area contributed by atoms with Crippen molar-refractivity contribution in [1.82, 2.24) is 0 Å². The molecule has 1 aromatic rings. The zero-order valence-electron chi connectivity index (χ0n) is 7.08. The van der Waals surface area contributed by atoms with E-state index in [1.165, 1.54) is 18.2 Å². The molecule has 0 saturated heterocycles. The highest BCUT2D eigenvalue weighted by molar-refractivity contribution is 6.32. The van der Waals surface area contributed by atoms with Gasteiger partial charge in [0.2, 0.25) is 0 Å². The number of hydrogen-bond donors (Lipinski definition) is 1. The topological polar surface area (TPSA) is 46.5 Å². The fraction of sp³-hybridized carbons (Fsp3) is 0.222. The zero-order valence-corrected chi connectivity index (χ0v) is 7.84. The summed E-state index contributed by atoms with van der Waals surface area (Å²) in [5.74, 6) is -0.140. The van der Waals surface area contributed by atoms with Gasteiger partial charge in [0.25, 0.3) is 0 Å². The fourth-order valence-corrected chi connectivity index (χ4v) is 0.877. The molecule has 0 saturated carbocycles. The van der Waals surface area contributed by atoms with Crippen molar-refractivity contribution in [3.8, 4) is 11.5 Å². The number of hydrogen-bond acceptors (Lipinski definition) is 3. The van der Waals surface area contributed by atoms with Crippen LogP contribution in [0.5, 0.6) is 11.5 Å². The smallest absolute Gasteiger partial charge is 0.310 e. The lowest BCUT2D eigenvalue weighted by Crippen LogP contribution is -2.05. The Labute approximate surface area is 80.9 Å². The van der Waals surface area contributed by atoms with E-state index in [-0.39, 0.29) is 16.7 Å². The average Bonchev–Trinajstić information content (AvgIpc) is 2.11. The van der Waals surface area contributed by atoms with Gasteiger partial charge in [0, 0.05) is 12.5 Å². The van der Waals surface area contributed by atoms with E-state index < -0.39 is 0 Å². The van der Waals surface area contributed by atoms with Crippen LogP contribution in [0.25, 0.3) is 0 Å². The third-order valence-corrected chi connectivity index (χ3v) is 1.76. The largest absolute Gasteiger partial charge is 0.506 e. The fourth-order valence-electron chi connectivity index (χ4n) is 0.760. The first-order chi connectivity index (χ1) is 6.13. The molecule has 0 aromatic heterocycles. The van der Waals surface area contributed by atoms with Crippen LogP contribution in [0.1, 0.15) is 13.3 Å². The average molecular weight is 201 g/mol. The molecule has 4 heteroatoms. The van der Waals surface area contributed by atoms with Crippen LogP contribution in [0, 0.1) is 0 Å². The Morgan fingerprint density at radius 1 is 1.62 bits per heavy atom. The quantitative estimate of drug-likeness (QED) is 0.589. The molecule has 0 bridgehead atoms. The van der Waals surface area contributed by atoms with Gasteiger partial charge in [0.1, 0.15) is 11.5 Å². The molecule has 0 amide bonds. The number of carbonyl (C=O) groups excluding carboxylic acids is 1. The molecule has 0 aliphatic rings. The minimum Gasteiger partial charge on any atom is -0.506 e. The molecule has 1 aromatic carbocycles. The van der Waals surface area contributed by atoms with Gasteiger partial charge in [-0.1, -0.05) is 18.5 Å². The first-order valence-electron chi connectivity index (χ1n) is 3.82. The highest BCUT2D eigenvalue weighted by Crippen LogP contribution is 2.27. The van der Waals surface area contributed by atoms with E-state index in [9.17, 15) is 4.79 Å². The van der Waals surface area contributed by atoms with Gasteiger partial charge in [-0.25, -0.2) is 0 Å². The minimum absolute atomic E-state index is 0.0944. The van der Waals surface area contributed by atoms with Crippen LogP contribution in [0.2, 0.25) is 5.02 Å². The summed E-state index contributed by atoms with van der Waals surface area (Å²) in [4.78, 5) is 10.8. The van der Waals surface area contributed by atoms with Gasteiger partial charge < -0.3 is 9.84 Å². The van der Waals surface area contributed by atoms with Crippen molar-refractivity contribution >= 4 is 17.6 Å². The van der Waals surface area contributed by atoms with Crippen molar-refractivity contribution in [3.05, 3.63) is 23.2 Å². The van der Waals surface area contributed by atoms with E-state index >= 15 is 0 Å². The molecule has 3 nitrogen and oxygen atoms in total. The standard InChI is InChI=1S/C9H9ClO3/c1-2-9(12)13-6-3-4-7(10)8(11)5-6/h3-5,11H,2H2,1H3. The minimum atomic E-state index is -0.346. The van der Waals surface area contributed by atoms with Crippen molar-refractivity contribution in [3.63, 3.8) is 0 Å². The van der Waals surface area contributed by atoms with Gasteiger partial charge >= 0.3 is 5.97 Å². The molecule has 0 fully saturated rings. The second-order valence-corrected chi connectivity index (χ2v) is 2.85. The first kappa shape index (κ1) is 9.86. The molecule has 0 aliphatic heterocycles. The van der Waals surface area contributed by atoms with Gasteiger partial charge in [-0.2, -0.15) is 0 Å². The highest BCUT2D eigenvalue weighted by atomic mass is 35.5. The van der Waals surface area contributed by atoms with E-state index in [1.54, 1.807) is 6.92 Å². The van der Waals surface area contributed by atoms with E-state index in [1.807, 2.05) is 0 Å². The normalized spacial score (nSPS) is 9.69. The molecule has 70 valence electrons. The Morgan fingerprint density at radius 2 is 2.31 bits per heavy atom. The van der Waals surface area contributed by atoms with Crippen LogP contribution in [0.15, 0.2) is 18.2 Å². The van der Waals surface area contributed by atoms with Crippen molar-refractivity contribution in [2.45, 2.75) is 13.3 Å². The number of aromatic hydroxyl groups is 1. The number of carbonyl (C=O) groups is 1. The summed E-state index contributed by atoms with van der Waals surface area (Å²) in [7, 11) is 0. The lowest BCUT2D eigenvalue weighted by atomic mass is 10.3. The zero-order chi connectivity index (χ0) is 9.84. The lowest BCUT2D eigenvalue weighted by Gasteiger charge is -2.03. The lowest BCUT2D eigenvalue weighted by molar-refractivity contribution is -0.134. The maximum atomic E-state index is 10.8. The molecule has 1 N–H and O–H groups in total. The van der Waals surface area contributed by atoms with Gasteiger partial charge in [-0.05, 0) is 12.1 Å². The predicted octanol–water partition coefficient (Wildman–Crippen LogP) is 2.36. The number of phenols is 1. The third kappa shape index (κ3) is 2.63. The van der Waals surface area contributed by atoms with Gasteiger partial charge in [0.05, 0.1) is 5.02 Å². The summed E-state index contributed by atoms with van der Waals surface area (Å²) < 4.78 is 4.84.